The van der Waals surface area contributed by atoms with Gasteiger partial charge >= 0.3 is 0 Å². The minimum atomic E-state index is 0.633. The van der Waals surface area contributed by atoms with Gasteiger partial charge in [-0.05, 0) is 30.8 Å². The van der Waals surface area contributed by atoms with Crippen molar-refractivity contribution >= 4 is 23.0 Å². The number of hydrogen-bond donors (Lipinski definition) is 3. The number of para-hydroxylation sites is 2. The van der Waals surface area contributed by atoms with Gasteiger partial charge in [0.2, 0.25) is 0 Å². The number of hydrogen-bond acceptors (Lipinski definition) is 2. The normalized spacial score (nSPS) is 10.3. The first kappa shape index (κ1) is 15.7. The number of ether oxygens (including phenoxy) is 1. The lowest BCUT2D eigenvalue weighted by Gasteiger charge is -2.15. The molecule has 0 saturated carbocycles. The maximum absolute atomic E-state index is 5.68. The third kappa shape index (κ3) is 6.40. The van der Waals surface area contributed by atoms with E-state index in [9.17, 15) is 0 Å². The molecule has 0 aliphatic carbocycles. The third-order valence-corrected chi connectivity index (χ3v) is 2.75. The van der Waals surface area contributed by atoms with Crippen molar-refractivity contribution in [2.45, 2.75) is 13.3 Å². The molecule has 0 aromatic heterocycles. The van der Waals surface area contributed by atoms with Crippen LogP contribution in [0.1, 0.15) is 13.3 Å². The zero-order valence-electron chi connectivity index (χ0n) is 12.0. The summed E-state index contributed by atoms with van der Waals surface area (Å²) in [4.78, 5) is 1.39. The highest BCUT2D eigenvalue weighted by Crippen LogP contribution is 2.23. The highest BCUT2D eigenvalue weighted by molar-refractivity contribution is 7.80. The van der Waals surface area contributed by atoms with E-state index in [1.165, 1.54) is 4.90 Å². The maximum Gasteiger partial charge on any atom is 0.171 e. The van der Waals surface area contributed by atoms with Crippen molar-refractivity contribution in [1.82, 2.24) is 5.32 Å². The van der Waals surface area contributed by atoms with Crippen molar-refractivity contribution in [3.8, 4) is 5.75 Å². The van der Waals surface area contributed by atoms with Crippen LogP contribution in [0.5, 0.6) is 5.75 Å². The van der Waals surface area contributed by atoms with E-state index < -0.39 is 0 Å². The third-order valence-electron chi connectivity index (χ3n) is 2.51. The first-order valence-corrected chi connectivity index (χ1v) is 7.10. The van der Waals surface area contributed by atoms with Crippen LogP contribution in [0, 0.1) is 0 Å². The van der Waals surface area contributed by atoms with Crippen LogP contribution in [0.25, 0.3) is 0 Å². The Morgan fingerprint density at radius 3 is 2.74 bits per heavy atom. The van der Waals surface area contributed by atoms with Crippen molar-refractivity contribution in [3.63, 3.8) is 0 Å². The summed E-state index contributed by atoms with van der Waals surface area (Å²) in [7, 11) is 4.23. The fourth-order valence-corrected chi connectivity index (χ4v) is 1.71. The van der Waals surface area contributed by atoms with Gasteiger partial charge in [0.15, 0.2) is 5.11 Å². The molecule has 4 nitrogen and oxygen atoms in total. The molecular weight excluding hydrogens is 258 g/mol. The van der Waals surface area contributed by atoms with E-state index >= 15 is 0 Å². The van der Waals surface area contributed by atoms with E-state index in [0.717, 1.165) is 30.9 Å². The Hall–Kier alpha value is -1.33. The van der Waals surface area contributed by atoms with Crippen LogP contribution < -0.4 is 20.3 Å². The molecule has 106 valence electrons. The highest BCUT2D eigenvalue weighted by Gasteiger charge is 2.04. The van der Waals surface area contributed by atoms with Crippen LogP contribution >= 0.6 is 12.2 Å². The molecule has 1 rings (SSSR count). The van der Waals surface area contributed by atoms with Gasteiger partial charge < -0.3 is 20.3 Å². The largest absolute Gasteiger partial charge is 0.491 e. The van der Waals surface area contributed by atoms with Gasteiger partial charge in [-0.25, -0.2) is 0 Å². The minimum absolute atomic E-state index is 0.633. The molecule has 0 fully saturated rings. The molecule has 0 spiro atoms. The molecule has 0 unspecified atom stereocenters. The first-order valence-electron chi connectivity index (χ1n) is 6.69. The summed E-state index contributed by atoms with van der Waals surface area (Å²) in [6.45, 7) is 4.68. The fourth-order valence-electron chi connectivity index (χ4n) is 1.50. The van der Waals surface area contributed by atoms with Crippen LogP contribution in [0.3, 0.4) is 0 Å². The molecule has 0 radical (unpaired) electrons. The van der Waals surface area contributed by atoms with Gasteiger partial charge in [0, 0.05) is 0 Å². The van der Waals surface area contributed by atoms with E-state index in [1.54, 1.807) is 0 Å². The van der Waals surface area contributed by atoms with Crippen molar-refractivity contribution in [3.05, 3.63) is 24.3 Å². The van der Waals surface area contributed by atoms with Crippen molar-refractivity contribution < 1.29 is 9.64 Å². The van der Waals surface area contributed by atoms with Gasteiger partial charge in [-0.3, -0.25) is 0 Å². The van der Waals surface area contributed by atoms with E-state index in [0.29, 0.717) is 11.7 Å². The summed E-state index contributed by atoms with van der Waals surface area (Å²) < 4.78 is 5.68. The van der Waals surface area contributed by atoms with Gasteiger partial charge in [0.1, 0.15) is 5.75 Å². The summed E-state index contributed by atoms with van der Waals surface area (Å²) in [5, 5.41) is 7.00. The molecule has 1 aromatic rings. The molecule has 1 aromatic carbocycles. The van der Waals surface area contributed by atoms with Crippen LogP contribution in [-0.4, -0.2) is 38.9 Å². The average molecular weight is 282 g/mol. The van der Waals surface area contributed by atoms with Gasteiger partial charge in [0.05, 0.1) is 39.5 Å². The van der Waals surface area contributed by atoms with Crippen molar-refractivity contribution in [2.75, 3.05) is 39.1 Å². The predicted octanol–water partition coefficient (Wildman–Crippen LogP) is 0.906. The Kier molecular flexibility index (Phi) is 7.22. The molecular formula is C14H24N3OS+. The first-order chi connectivity index (χ1) is 9.13. The second-order valence-corrected chi connectivity index (χ2v) is 5.09. The van der Waals surface area contributed by atoms with Crippen LogP contribution in [0.2, 0.25) is 0 Å². The van der Waals surface area contributed by atoms with Crippen molar-refractivity contribution in [1.29, 1.82) is 0 Å². The fraction of sp³-hybridized carbons (Fsp3) is 0.500. The monoisotopic (exact) mass is 282 g/mol. The van der Waals surface area contributed by atoms with Crippen LogP contribution in [0.15, 0.2) is 24.3 Å². The minimum Gasteiger partial charge on any atom is -0.491 e. The Bertz CT molecular complexity index is 396. The van der Waals surface area contributed by atoms with Gasteiger partial charge in [-0.1, -0.05) is 19.1 Å². The average Bonchev–Trinajstić information content (AvgIpc) is 2.37. The topological polar surface area (TPSA) is 37.7 Å². The Labute approximate surface area is 121 Å². The van der Waals surface area contributed by atoms with Crippen molar-refractivity contribution in [2.24, 2.45) is 0 Å². The van der Waals surface area contributed by atoms with E-state index in [2.05, 4.69) is 31.7 Å². The lowest BCUT2D eigenvalue weighted by molar-refractivity contribution is -0.856. The Balaban J connectivity index is 2.48. The maximum atomic E-state index is 5.68. The summed E-state index contributed by atoms with van der Waals surface area (Å²) in [6, 6.07) is 7.84. The number of anilines is 1. The lowest BCUT2D eigenvalue weighted by Crippen LogP contribution is -3.06. The quantitative estimate of drug-likeness (QED) is 0.650. The molecule has 0 aliphatic rings. The molecule has 0 bridgehead atoms. The Morgan fingerprint density at radius 2 is 2.05 bits per heavy atom. The zero-order valence-corrected chi connectivity index (χ0v) is 12.8. The highest BCUT2D eigenvalue weighted by atomic mass is 32.1. The van der Waals surface area contributed by atoms with Gasteiger partial charge in [0.25, 0.3) is 0 Å². The summed E-state index contributed by atoms with van der Waals surface area (Å²) in [5.74, 6) is 0.840. The second kappa shape index (κ2) is 8.72. The molecule has 0 amide bonds. The lowest BCUT2D eigenvalue weighted by atomic mass is 10.3. The molecule has 0 atom stereocenters. The second-order valence-electron chi connectivity index (χ2n) is 4.68. The predicted molar refractivity (Wildman–Crippen MR) is 84.1 cm³/mol. The zero-order chi connectivity index (χ0) is 14.1. The number of quaternary nitrogens is 1. The molecule has 19 heavy (non-hydrogen) atoms. The Morgan fingerprint density at radius 1 is 1.32 bits per heavy atom. The smallest absolute Gasteiger partial charge is 0.171 e. The molecule has 5 heteroatoms. The van der Waals surface area contributed by atoms with E-state index in [1.807, 2.05) is 24.3 Å². The summed E-state index contributed by atoms with van der Waals surface area (Å²) in [6.07, 6.45) is 0.989. The molecule has 3 N–H and O–H groups in total. The van der Waals surface area contributed by atoms with Gasteiger partial charge in [-0.15, -0.1) is 0 Å². The molecule has 0 heterocycles. The summed E-state index contributed by atoms with van der Waals surface area (Å²) >= 11 is 5.27. The molecule has 0 saturated heterocycles. The van der Waals surface area contributed by atoms with Crippen LogP contribution in [-0.2, 0) is 0 Å². The van der Waals surface area contributed by atoms with Crippen LogP contribution in [0.4, 0.5) is 5.69 Å². The number of thiocarbonyl (C=S) groups is 1. The standard InChI is InChI=1S/C14H23N3OS/c1-4-11-18-13-8-6-5-7-12(13)16-14(19)15-9-10-17(2)3/h5-8H,4,9-11H2,1-3H3,(H2,15,16,19)/p+1. The summed E-state index contributed by atoms with van der Waals surface area (Å²) in [5.41, 5.74) is 0.908. The van der Waals surface area contributed by atoms with E-state index in [4.69, 9.17) is 17.0 Å². The number of rotatable bonds is 7. The number of likely N-dealkylation sites (N-methyl/N-ethyl adjacent to an activating group) is 1. The van der Waals surface area contributed by atoms with Gasteiger partial charge in [-0.2, -0.15) is 0 Å². The van der Waals surface area contributed by atoms with E-state index in [-0.39, 0.29) is 0 Å². The molecule has 0 aliphatic heterocycles. The number of benzene rings is 1. The SMILES string of the molecule is CCCOc1ccccc1NC(=S)NCC[NH+](C)C. The number of nitrogens with one attached hydrogen (secondary N) is 3.